The number of rotatable bonds is 7. The van der Waals surface area contributed by atoms with Crippen LogP contribution in [0.4, 0.5) is 5.69 Å². The van der Waals surface area contributed by atoms with Gasteiger partial charge in [0.25, 0.3) is 11.2 Å². The number of aromatic nitrogens is 4. The summed E-state index contributed by atoms with van der Waals surface area (Å²) in [6.07, 6.45) is 1.66. The fourth-order valence-corrected chi connectivity index (χ4v) is 3.80. The maximum Gasteiger partial charge on any atom is 0.294 e. The molecule has 1 N–H and O–H groups in total. The second kappa shape index (κ2) is 9.30. The summed E-state index contributed by atoms with van der Waals surface area (Å²) in [5.74, 6) is 0.670. The number of aryl methyl sites for hydroxylation is 1. The molecule has 4 aromatic rings. The zero-order valence-corrected chi connectivity index (χ0v) is 20.0. The van der Waals surface area contributed by atoms with E-state index in [-0.39, 0.29) is 41.0 Å². The Morgan fingerprint density at radius 1 is 1.20 bits per heavy atom. The number of nitro groups is 1. The minimum atomic E-state index is -0.959. The Balaban J connectivity index is 1.51. The first-order valence-corrected chi connectivity index (χ1v) is 11.1. The fraction of sp³-hybridized carbons (Fsp3) is 0.320. The number of aliphatic hydroxyl groups is 1. The van der Waals surface area contributed by atoms with Crippen LogP contribution in [0.2, 0.25) is 0 Å². The zero-order valence-electron chi connectivity index (χ0n) is 20.0. The number of hydrogen-bond acceptors (Lipinski definition) is 7. The van der Waals surface area contributed by atoms with E-state index in [0.29, 0.717) is 5.75 Å². The van der Waals surface area contributed by atoms with Crippen molar-refractivity contribution < 1.29 is 14.8 Å². The minimum absolute atomic E-state index is 0.00431. The molecule has 35 heavy (non-hydrogen) atoms. The lowest BCUT2D eigenvalue weighted by atomic mass is 9.86. The lowest BCUT2D eigenvalue weighted by Crippen LogP contribution is -2.30. The third-order valence-electron chi connectivity index (χ3n) is 5.74. The molecule has 0 saturated carbocycles. The first-order valence-electron chi connectivity index (χ1n) is 11.1. The quantitative estimate of drug-likeness (QED) is 0.319. The number of nitrogens with zero attached hydrogens (tertiary/aromatic N) is 5. The lowest BCUT2D eigenvalue weighted by molar-refractivity contribution is -0.384. The van der Waals surface area contributed by atoms with Gasteiger partial charge in [-0.05, 0) is 35.6 Å². The number of fused-ring (bicyclic) bond motifs is 1. The fourth-order valence-electron chi connectivity index (χ4n) is 3.80. The molecule has 4 rings (SSSR count). The van der Waals surface area contributed by atoms with E-state index in [1.807, 2.05) is 19.1 Å². The van der Waals surface area contributed by atoms with E-state index in [4.69, 9.17) is 4.74 Å². The molecule has 0 bridgehead atoms. The normalized spacial score (nSPS) is 12.6. The van der Waals surface area contributed by atoms with Crippen LogP contribution in [0.5, 0.6) is 5.75 Å². The molecular weight excluding hydrogens is 450 g/mol. The van der Waals surface area contributed by atoms with Crippen molar-refractivity contribution in [1.29, 1.82) is 0 Å². The smallest absolute Gasteiger partial charge is 0.294 e. The van der Waals surface area contributed by atoms with Crippen molar-refractivity contribution in [2.24, 2.45) is 0 Å². The molecule has 0 aliphatic heterocycles. The summed E-state index contributed by atoms with van der Waals surface area (Å²) in [4.78, 5) is 28.1. The van der Waals surface area contributed by atoms with Gasteiger partial charge in [0, 0.05) is 6.07 Å². The Morgan fingerprint density at radius 3 is 2.63 bits per heavy atom. The number of nitro benzene ring substituents is 1. The summed E-state index contributed by atoms with van der Waals surface area (Å²) in [6, 6.07) is 12.1. The topological polar surface area (TPSA) is 125 Å². The average Bonchev–Trinajstić information content (AvgIpc) is 3.24. The van der Waals surface area contributed by atoms with Crippen LogP contribution < -0.4 is 10.3 Å². The molecule has 0 unspecified atom stereocenters. The van der Waals surface area contributed by atoms with Gasteiger partial charge < -0.3 is 9.84 Å². The minimum Gasteiger partial charge on any atom is -0.491 e. The molecule has 182 valence electrons. The molecule has 0 radical (unpaired) electrons. The van der Waals surface area contributed by atoms with Crippen LogP contribution in [-0.4, -0.2) is 42.1 Å². The van der Waals surface area contributed by atoms with Gasteiger partial charge in [-0.2, -0.15) is 5.10 Å². The molecule has 0 aliphatic rings. The van der Waals surface area contributed by atoms with Crippen molar-refractivity contribution in [3.05, 3.63) is 86.6 Å². The van der Waals surface area contributed by atoms with Gasteiger partial charge in [-0.1, -0.05) is 45.0 Å². The predicted octanol–water partition coefficient (Wildman–Crippen LogP) is 3.54. The van der Waals surface area contributed by atoms with Crippen molar-refractivity contribution in [2.75, 3.05) is 6.61 Å². The van der Waals surface area contributed by atoms with Gasteiger partial charge in [0.15, 0.2) is 5.65 Å². The second-order valence-electron chi connectivity index (χ2n) is 9.44. The second-order valence-corrected chi connectivity index (χ2v) is 9.44. The maximum absolute atomic E-state index is 13.0. The maximum atomic E-state index is 13.0. The molecule has 0 saturated heterocycles. The first-order chi connectivity index (χ1) is 16.6. The van der Waals surface area contributed by atoms with Crippen molar-refractivity contribution >= 4 is 16.7 Å². The summed E-state index contributed by atoms with van der Waals surface area (Å²) < 4.78 is 8.34. The molecule has 0 amide bonds. The molecule has 0 fully saturated rings. The molecule has 2 heterocycles. The van der Waals surface area contributed by atoms with Crippen molar-refractivity contribution in [3.8, 4) is 11.4 Å². The van der Waals surface area contributed by atoms with Crippen LogP contribution >= 0.6 is 0 Å². The summed E-state index contributed by atoms with van der Waals surface area (Å²) in [5.41, 5.74) is 2.02. The highest BCUT2D eigenvalue weighted by Crippen LogP contribution is 2.28. The van der Waals surface area contributed by atoms with Crippen LogP contribution in [0.25, 0.3) is 16.7 Å². The van der Waals surface area contributed by atoms with Crippen LogP contribution in [0.15, 0.2) is 59.8 Å². The van der Waals surface area contributed by atoms with E-state index < -0.39 is 16.6 Å². The van der Waals surface area contributed by atoms with Gasteiger partial charge in [-0.15, -0.1) is 0 Å². The van der Waals surface area contributed by atoms with Crippen LogP contribution in [-0.2, 0) is 12.0 Å². The van der Waals surface area contributed by atoms with Gasteiger partial charge in [0.1, 0.15) is 35.9 Å². The molecule has 0 spiro atoms. The van der Waals surface area contributed by atoms with Crippen molar-refractivity contribution in [3.63, 3.8) is 0 Å². The Bertz CT molecular complexity index is 1450. The monoisotopic (exact) mass is 477 g/mol. The van der Waals surface area contributed by atoms with Crippen LogP contribution in [0, 0.1) is 17.0 Å². The molecule has 2 aromatic heterocycles. The molecule has 10 heteroatoms. The molecular formula is C25H27N5O5. The number of aliphatic hydroxyl groups excluding tert-OH is 1. The van der Waals surface area contributed by atoms with Crippen molar-refractivity contribution in [2.45, 2.75) is 45.8 Å². The van der Waals surface area contributed by atoms with Gasteiger partial charge >= 0.3 is 0 Å². The molecule has 2 aromatic carbocycles. The largest absolute Gasteiger partial charge is 0.491 e. The van der Waals surface area contributed by atoms with E-state index >= 15 is 0 Å². The molecule has 1 atom stereocenters. The Kier molecular flexibility index (Phi) is 6.40. The summed E-state index contributed by atoms with van der Waals surface area (Å²) in [7, 11) is 0. The van der Waals surface area contributed by atoms with Crippen LogP contribution in [0.3, 0.4) is 0 Å². The highest BCUT2D eigenvalue weighted by molar-refractivity contribution is 5.76. The van der Waals surface area contributed by atoms with E-state index in [1.165, 1.54) is 39.5 Å². The van der Waals surface area contributed by atoms with Crippen LogP contribution in [0.1, 0.15) is 31.9 Å². The van der Waals surface area contributed by atoms with Crippen molar-refractivity contribution in [1.82, 2.24) is 19.3 Å². The standard InChI is InChI=1S/C25H27N5O5/c1-16-11-17(25(2,3)4)9-10-22(16)35-14-18(31)13-28-15-26-23-19(24(28)32)12-27-29(23)20-7-5-6-8-21(20)30(33)34/h5-12,15,18,31H,13-14H2,1-4H3/t18-/m0/s1. The highest BCUT2D eigenvalue weighted by Gasteiger charge is 2.20. The van der Waals surface area contributed by atoms with Gasteiger partial charge in [0.2, 0.25) is 0 Å². The Morgan fingerprint density at radius 2 is 1.94 bits per heavy atom. The average molecular weight is 478 g/mol. The third-order valence-corrected chi connectivity index (χ3v) is 5.74. The molecule has 10 nitrogen and oxygen atoms in total. The number of ether oxygens (including phenoxy) is 1. The van der Waals surface area contributed by atoms with E-state index in [2.05, 4.69) is 36.9 Å². The summed E-state index contributed by atoms with van der Waals surface area (Å²) >= 11 is 0. The first kappa shape index (κ1) is 24.1. The summed E-state index contributed by atoms with van der Waals surface area (Å²) in [5, 5.41) is 26.2. The van der Waals surface area contributed by atoms with Gasteiger partial charge in [-0.3, -0.25) is 19.5 Å². The van der Waals surface area contributed by atoms with E-state index in [9.17, 15) is 20.0 Å². The van der Waals surface area contributed by atoms with Gasteiger partial charge in [0.05, 0.1) is 17.7 Å². The summed E-state index contributed by atoms with van der Waals surface area (Å²) in [6.45, 7) is 8.33. The number of hydrogen-bond donors (Lipinski definition) is 1. The highest BCUT2D eigenvalue weighted by atomic mass is 16.6. The third kappa shape index (κ3) is 4.92. The lowest BCUT2D eigenvalue weighted by Gasteiger charge is -2.21. The van der Waals surface area contributed by atoms with E-state index in [1.54, 1.807) is 12.1 Å². The number of para-hydroxylation sites is 2. The molecule has 0 aliphatic carbocycles. The SMILES string of the molecule is Cc1cc(C(C)(C)C)ccc1OC[C@@H](O)Cn1cnc2c(cnn2-c2ccccc2[N+](=O)[O-])c1=O. The zero-order chi connectivity index (χ0) is 25.3. The van der Waals surface area contributed by atoms with Gasteiger partial charge in [-0.25, -0.2) is 9.67 Å². The predicted molar refractivity (Wildman–Crippen MR) is 131 cm³/mol. The Labute approximate surface area is 201 Å². The number of benzene rings is 2. The Hall–Kier alpha value is -4.05. The van der Waals surface area contributed by atoms with E-state index in [0.717, 1.165) is 5.56 Å².